The molecule has 0 radical (unpaired) electrons. The minimum absolute atomic E-state index is 0. The molecule has 1 unspecified atom stereocenters. The minimum Gasteiger partial charge on any atom is -0.377 e. The van der Waals surface area contributed by atoms with Crippen LogP contribution in [-0.4, -0.2) is 29.2 Å². The molecular weight excluding hydrogens is 321 g/mol. The highest BCUT2D eigenvalue weighted by Crippen LogP contribution is 2.16. The third-order valence-corrected chi connectivity index (χ3v) is 3.80. The van der Waals surface area contributed by atoms with Gasteiger partial charge in [0.15, 0.2) is 0 Å². The molecule has 1 aromatic heterocycles. The van der Waals surface area contributed by atoms with Crippen LogP contribution in [0.2, 0.25) is 10.4 Å². The van der Waals surface area contributed by atoms with Gasteiger partial charge in [-0.05, 0) is 43.8 Å². The van der Waals surface area contributed by atoms with E-state index in [2.05, 4.69) is 15.3 Å². The van der Waals surface area contributed by atoms with Crippen LogP contribution in [0.15, 0.2) is 6.20 Å². The van der Waals surface area contributed by atoms with E-state index in [1.165, 1.54) is 25.7 Å². The number of aromatic nitrogens is 2. The highest BCUT2D eigenvalue weighted by molar-refractivity contribution is 6.32. The van der Waals surface area contributed by atoms with E-state index in [4.69, 9.17) is 27.9 Å². The van der Waals surface area contributed by atoms with Crippen LogP contribution >= 0.6 is 35.6 Å². The topological polar surface area (TPSA) is 47.0 Å². The van der Waals surface area contributed by atoms with E-state index >= 15 is 0 Å². The van der Waals surface area contributed by atoms with E-state index in [0.29, 0.717) is 17.8 Å². The summed E-state index contributed by atoms with van der Waals surface area (Å²) in [6.45, 7) is 2.33. The maximum Gasteiger partial charge on any atom is 0.223 e. The van der Waals surface area contributed by atoms with Crippen LogP contribution in [0, 0.1) is 0 Å². The molecule has 2 heterocycles. The molecule has 1 atom stereocenters. The maximum atomic E-state index is 5.94. The monoisotopic (exact) mass is 339 g/mol. The zero-order valence-electron chi connectivity index (χ0n) is 11.3. The molecule has 1 saturated heterocycles. The van der Waals surface area contributed by atoms with Crippen LogP contribution < -0.4 is 5.32 Å². The third kappa shape index (κ3) is 6.10. The predicted octanol–water partition coefficient (Wildman–Crippen LogP) is 3.64. The first-order valence-electron chi connectivity index (χ1n) is 6.74. The van der Waals surface area contributed by atoms with Gasteiger partial charge >= 0.3 is 0 Å². The van der Waals surface area contributed by atoms with Gasteiger partial charge in [0, 0.05) is 24.4 Å². The van der Waals surface area contributed by atoms with E-state index in [0.717, 1.165) is 25.1 Å². The summed E-state index contributed by atoms with van der Waals surface area (Å²) in [6, 6.07) is 0.666. The van der Waals surface area contributed by atoms with E-state index in [9.17, 15) is 0 Å². The number of nitrogens with one attached hydrogen (secondary N) is 1. The van der Waals surface area contributed by atoms with Crippen LogP contribution in [0.3, 0.4) is 0 Å². The third-order valence-electron chi connectivity index (χ3n) is 3.29. The molecule has 0 amide bonds. The fourth-order valence-electron chi connectivity index (χ4n) is 2.25. The molecule has 114 valence electrons. The molecule has 0 bridgehead atoms. The molecule has 2 rings (SSSR count). The van der Waals surface area contributed by atoms with Gasteiger partial charge < -0.3 is 10.1 Å². The van der Waals surface area contributed by atoms with Crippen molar-refractivity contribution in [3.05, 3.63) is 22.2 Å². The van der Waals surface area contributed by atoms with Crippen molar-refractivity contribution >= 4 is 35.6 Å². The summed E-state index contributed by atoms with van der Waals surface area (Å²) in [4.78, 5) is 7.77. The molecule has 20 heavy (non-hydrogen) atoms. The Morgan fingerprint density at radius 3 is 2.90 bits per heavy atom. The van der Waals surface area contributed by atoms with Crippen molar-refractivity contribution in [3.8, 4) is 0 Å². The fourth-order valence-corrected chi connectivity index (χ4v) is 2.61. The molecular formula is C13H20Cl3N3O. The molecule has 1 aromatic rings. The van der Waals surface area contributed by atoms with Crippen LogP contribution in [0.4, 0.5) is 0 Å². The van der Waals surface area contributed by atoms with Crippen molar-refractivity contribution in [2.45, 2.75) is 44.8 Å². The molecule has 1 fully saturated rings. The summed E-state index contributed by atoms with van der Waals surface area (Å²) < 4.78 is 5.60. The van der Waals surface area contributed by atoms with E-state index in [1.54, 1.807) is 6.20 Å². The second-order valence-corrected chi connectivity index (χ2v) is 5.49. The first-order chi connectivity index (χ1) is 9.25. The molecule has 1 N–H and O–H groups in total. The number of nitrogens with zero attached hydrogens (tertiary/aromatic N) is 2. The highest BCUT2D eigenvalue weighted by Gasteiger charge is 2.11. The Kier molecular flexibility index (Phi) is 8.73. The van der Waals surface area contributed by atoms with Crippen molar-refractivity contribution in [3.63, 3.8) is 0 Å². The van der Waals surface area contributed by atoms with Gasteiger partial charge in [-0.15, -0.1) is 12.4 Å². The Morgan fingerprint density at radius 2 is 2.20 bits per heavy atom. The van der Waals surface area contributed by atoms with Crippen LogP contribution in [-0.2, 0) is 11.3 Å². The zero-order valence-corrected chi connectivity index (χ0v) is 13.6. The Labute approximate surface area is 136 Å². The second kappa shape index (κ2) is 9.74. The van der Waals surface area contributed by atoms with Crippen molar-refractivity contribution in [1.29, 1.82) is 0 Å². The van der Waals surface area contributed by atoms with Crippen molar-refractivity contribution in [1.82, 2.24) is 15.3 Å². The van der Waals surface area contributed by atoms with E-state index < -0.39 is 0 Å². The molecule has 1 aliphatic heterocycles. The Morgan fingerprint density at radius 1 is 1.35 bits per heavy atom. The number of rotatable bonds is 6. The molecule has 0 aliphatic carbocycles. The zero-order chi connectivity index (χ0) is 13.5. The summed E-state index contributed by atoms with van der Waals surface area (Å²) in [5.41, 5.74) is 0.779. The summed E-state index contributed by atoms with van der Waals surface area (Å²) in [6.07, 6.45) is 7.78. The smallest absolute Gasteiger partial charge is 0.223 e. The summed E-state index contributed by atoms with van der Waals surface area (Å²) in [7, 11) is 0. The lowest BCUT2D eigenvalue weighted by Crippen LogP contribution is -2.33. The standard InChI is InChI=1S/C13H19Cl2N3O.ClH/c14-12-10(8-17-13(15)18-12)9-19-7-3-5-11-4-1-2-6-16-11;/h8,11,16H,1-7,9H2;1H. The van der Waals surface area contributed by atoms with E-state index in [-0.39, 0.29) is 17.7 Å². The predicted molar refractivity (Wildman–Crippen MR) is 83.8 cm³/mol. The van der Waals surface area contributed by atoms with Gasteiger partial charge in [0.1, 0.15) is 5.15 Å². The normalized spacial score (nSPS) is 18.6. The number of halogens is 3. The highest BCUT2D eigenvalue weighted by atomic mass is 35.5. The average molecular weight is 341 g/mol. The van der Waals surface area contributed by atoms with Crippen molar-refractivity contribution in [2.75, 3.05) is 13.2 Å². The van der Waals surface area contributed by atoms with Gasteiger partial charge in [0.05, 0.1) is 6.61 Å². The number of hydrogen-bond acceptors (Lipinski definition) is 4. The molecule has 0 saturated carbocycles. The quantitative estimate of drug-likeness (QED) is 0.488. The lowest BCUT2D eigenvalue weighted by atomic mass is 10.0. The minimum atomic E-state index is 0. The summed E-state index contributed by atoms with van der Waals surface area (Å²) in [5, 5.41) is 4.07. The molecule has 4 nitrogen and oxygen atoms in total. The van der Waals surface area contributed by atoms with Crippen LogP contribution in [0.25, 0.3) is 0 Å². The van der Waals surface area contributed by atoms with Gasteiger partial charge in [-0.25, -0.2) is 9.97 Å². The van der Waals surface area contributed by atoms with Gasteiger partial charge in [-0.2, -0.15) is 0 Å². The average Bonchev–Trinajstić information content (AvgIpc) is 2.42. The van der Waals surface area contributed by atoms with Crippen molar-refractivity contribution < 1.29 is 4.74 Å². The van der Waals surface area contributed by atoms with E-state index in [1.807, 2.05) is 0 Å². The number of piperidine rings is 1. The lowest BCUT2D eigenvalue weighted by Gasteiger charge is -2.23. The number of hydrogen-bond donors (Lipinski definition) is 1. The van der Waals surface area contributed by atoms with Crippen molar-refractivity contribution in [2.24, 2.45) is 0 Å². The largest absolute Gasteiger partial charge is 0.377 e. The van der Waals surface area contributed by atoms with Gasteiger partial charge in [-0.1, -0.05) is 18.0 Å². The summed E-state index contributed by atoms with van der Waals surface area (Å²) in [5.74, 6) is 0. The Hall–Kier alpha value is -0.130. The first-order valence-corrected chi connectivity index (χ1v) is 7.49. The van der Waals surface area contributed by atoms with Gasteiger partial charge in [-0.3, -0.25) is 0 Å². The fraction of sp³-hybridized carbons (Fsp3) is 0.692. The maximum absolute atomic E-state index is 5.94. The molecule has 0 aromatic carbocycles. The van der Waals surface area contributed by atoms with Crippen LogP contribution in [0.5, 0.6) is 0 Å². The Balaban J connectivity index is 0.00000200. The first kappa shape index (κ1) is 17.9. The van der Waals surface area contributed by atoms with Gasteiger partial charge in [0.25, 0.3) is 0 Å². The molecule has 7 heteroatoms. The summed E-state index contributed by atoms with van der Waals surface area (Å²) >= 11 is 11.6. The second-order valence-electron chi connectivity index (χ2n) is 4.80. The van der Waals surface area contributed by atoms with Gasteiger partial charge in [0.2, 0.25) is 5.28 Å². The Bertz CT molecular complexity index is 400. The molecule has 0 spiro atoms. The van der Waals surface area contributed by atoms with Crippen LogP contribution in [0.1, 0.15) is 37.7 Å². The lowest BCUT2D eigenvalue weighted by molar-refractivity contribution is 0.114. The number of ether oxygens (including phenoxy) is 1. The SMILES string of the molecule is Cl.Clc1ncc(COCCCC2CCCCN2)c(Cl)n1. The molecule has 1 aliphatic rings.